The largest absolute Gasteiger partial charge is 0.0654 e. The highest BCUT2D eigenvalue weighted by Gasteiger charge is 2.11. The van der Waals surface area contributed by atoms with Crippen LogP contribution in [0.3, 0.4) is 0 Å². The van der Waals surface area contributed by atoms with Gasteiger partial charge in [0.25, 0.3) is 0 Å². The second-order valence-electron chi connectivity index (χ2n) is 5.03. The van der Waals surface area contributed by atoms with Crippen molar-refractivity contribution in [2.24, 2.45) is 17.8 Å². The van der Waals surface area contributed by atoms with Crippen molar-refractivity contribution in [1.82, 2.24) is 0 Å². The van der Waals surface area contributed by atoms with E-state index in [0.29, 0.717) is 0 Å². The van der Waals surface area contributed by atoms with Crippen LogP contribution in [0.5, 0.6) is 0 Å². The molecule has 0 aliphatic carbocycles. The summed E-state index contributed by atoms with van der Waals surface area (Å²) in [6.45, 7) is 11.7. The van der Waals surface area contributed by atoms with Crippen molar-refractivity contribution in [3.63, 3.8) is 0 Å². The molecule has 13 heavy (non-hydrogen) atoms. The minimum absolute atomic E-state index is 0.870. The van der Waals surface area contributed by atoms with E-state index in [1.807, 2.05) is 0 Å². The Morgan fingerprint density at radius 1 is 0.923 bits per heavy atom. The van der Waals surface area contributed by atoms with Crippen LogP contribution in [0.1, 0.15) is 66.7 Å². The maximum atomic E-state index is 2.42. The van der Waals surface area contributed by atoms with Gasteiger partial charge in [0.2, 0.25) is 0 Å². The molecule has 0 aromatic heterocycles. The van der Waals surface area contributed by atoms with Crippen molar-refractivity contribution in [1.29, 1.82) is 0 Å². The fraction of sp³-hybridized carbons (Fsp3) is 1.00. The molecule has 0 aromatic rings. The van der Waals surface area contributed by atoms with E-state index in [-0.39, 0.29) is 0 Å². The summed E-state index contributed by atoms with van der Waals surface area (Å²) >= 11 is 0. The predicted octanol–water partition coefficient (Wildman–Crippen LogP) is 4.89. The van der Waals surface area contributed by atoms with Gasteiger partial charge in [-0.25, -0.2) is 0 Å². The van der Waals surface area contributed by atoms with E-state index >= 15 is 0 Å². The molecule has 0 amide bonds. The van der Waals surface area contributed by atoms with E-state index in [2.05, 4.69) is 34.6 Å². The maximum Gasteiger partial charge on any atom is -0.0414 e. The molecule has 0 aromatic carbocycles. The second kappa shape index (κ2) is 7.41. The van der Waals surface area contributed by atoms with Crippen LogP contribution >= 0.6 is 0 Å². The van der Waals surface area contributed by atoms with Crippen molar-refractivity contribution in [2.45, 2.75) is 66.7 Å². The molecule has 0 rings (SSSR count). The van der Waals surface area contributed by atoms with Crippen LogP contribution < -0.4 is 0 Å². The van der Waals surface area contributed by atoms with Crippen LogP contribution in [0.25, 0.3) is 0 Å². The Labute approximate surface area is 85.1 Å². The summed E-state index contributed by atoms with van der Waals surface area (Å²) in [6, 6.07) is 0. The van der Waals surface area contributed by atoms with E-state index in [4.69, 9.17) is 0 Å². The SMILES string of the molecule is CCCC(CC)CC(C)CC(C)C. The summed E-state index contributed by atoms with van der Waals surface area (Å²) in [5.74, 6) is 2.78. The van der Waals surface area contributed by atoms with Crippen LogP contribution in [0.4, 0.5) is 0 Å². The van der Waals surface area contributed by atoms with Crippen molar-refractivity contribution >= 4 is 0 Å². The lowest BCUT2D eigenvalue weighted by molar-refractivity contribution is 0.319. The van der Waals surface area contributed by atoms with Gasteiger partial charge < -0.3 is 0 Å². The molecule has 2 atom stereocenters. The number of hydrogen-bond acceptors (Lipinski definition) is 0. The molecule has 0 aliphatic heterocycles. The summed E-state index contributed by atoms with van der Waals surface area (Å²) in [5.41, 5.74) is 0. The third-order valence-corrected chi connectivity index (χ3v) is 2.88. The minimum atomic E-state index is 0.870. The molecule has 0 N–H and O–H groups in total. The molecule has 0 heteroatoms. The van der Waals surface area contributed by atoms with Crippen molar-refractivity contribution < 1.29 is 0 Å². The van der Waals surface area contributed by atoms with Crippen LogP contribution in [-0.4, -0.2) is 0 Å². The maximum absolute atomic E-state index is 2.42. The Morgan fingerprint density at radius 3 is 1.92 bits per heavy atom. The first-order valence-corrected chi connectivity index (χ1v) is 6.10. The molecular formula is C13H28. The smallest absolute Gasteiger partial charge is 0.0414 e. The van der Waals surface area contributed by atoms with Crippen molar-refractivity contribution in [3.05, 3.63) is 0 Å². The Balaban J connectivity index is 3.65. The molecule has 0 saturated carbocycles. The molecule has 0 bridgehead atoms. The average Bonchev–Trinajstić information content (AvgIpc) is 2.02. The monoisotopic (exact) mass is 184 g/mol. The van der Waals surface area contributed by atoms with Crippen LogP contribution in [0.2, 0.25) is 0 Å². The van der Waals surface area contributed by atoms with Gasteiger partial charge in [0.05, 0.1) is 0 Å². The summed E-state index contributed by atoms with van der Waals surface area (Å²) in [4.78, 5) is 0. The van der Waals surface area contributed by atoms with Gasteiger partial charge in [0.1, 0.15) is 0 Å². The van der Waals surface area contributed by atoms with E-state index in [1.165, 1.54) is 32.1 Å². The first-order valence-electron chi connectivity index (χ1n) is 6.10. The van der Waals surface area contributed by atoms with Gasteiger partial charge in [0.15, 0.2) is 0 Å². The molecule has 0 nitrogen and oxygen atoms in total. The van der Waals surface area contributed by atoms with Crippen LogP contribution in [0, 0.1) is 17.8 Å². The van der Waals surface area contributed by atoms with Gasteiger partial charge in [-0.05, 0) is 30.6 Å². The molecule has 0 fully saturated rings. The summed E-state index contributed by atoms with van der Waals surface area (Å²) in [5, 5.41) is 0. The molecule has 2 unspecified atom stereocenters. The lowest BCUT2D eigenvalue weighted by atomic mass is 9.86. The molecular weight excluding hydrogens is 156 g/mol. The van der Waals surface area contributed by atoms with Crippen molar-refractivity contribution in [3.8, 4) is 0 Å². The molecule has 0 heterocycles. The Kier molecular flexibility index (Phi) is 7.41. The fourth-order valence-electron chi connectivity index (χ4n) is 2.37. The van der Waals surface area contributed by atoms with Gasteiger partial charge in [0, 0.05) is 0 Å². The van der Waals surface area contributed by atoms with Gasteiger partial charge >= 0.3 is 0 Å². The summed E-state index contributed by atoms with van der Waals surface area (Å²) in [7, 11) is 0. The van der Waals surface area contributed by atoms with Gasteiger partial charge in [-0.1, -0.05) is 53.9 Å². The van der Waals surface area contributed by atoms with Crippen LogP contribution in [-0.2, 0) is 0 Å². The minimum Gasteiger partial charge on any atom is -0.0654 e. The topological polar surface area (TPSA) is 0 Å². The zero-order valence-electron chi connectivity index (χ0n) is 10.3. The normalized spacial score (nSPS) is 16.2. The Morgan fingerprint density at radius 2 is 1.54 bits per heavy atom. The first-order chi connectivity index (χ1) is 6.10. The zero-order valence-corrected chi connectivity index (χ0v) is 10.3. The first kappa shape index (κ1) is 13.0. The lowest BCUT2D eigenvalue weighted by Crippen LogP contribution is -2.07. The number of rotatable bonds is 7. The lowest BCUT2D eigenvalue weighted by Gasteiger charge is -2.20. The molecule has 0 radical (unpaired) electrons. The van der Waals surface area contributed by atoms with E-state index in [1.54, 1.807) is 0 Å². The van der Waals surface area contributed by atoms with Crippen molar-refractivity contribution in [2.75, 3.05) is 0 Å². The highest BCUT2D eigenvalue weighted by molar-refractivity contribution is 4.63. The van der Waals surface area contributed by atoms with E-state index < -0.39 is 0 Å². The van der Waals surface area contributed by atoms with Gasteiger partial charge in [-0.2, -0.15) is 0 Å². The van der Waals surface area contributed by atoms with Gasteiger partial charge in [-0.3, -0.25) is 0 Å². The third-order valence-electron chi connectivity index (χ3n) is 2.88. The fourth-order valence-corrected chi connectivity index (χ4v) is 2.37. The zero-order chi connectivity index (χ0) is 10.3. The average molecular weight is 184 g/mol. The van der Waals surface area contributed by atoms with Crippen LogP contribution in [0.15, 0.2) is 0 Å². The van der Waals surface area contributed by atoms with E-state index in [9.17, 15) is 0 Å². The highest BCUT2D eigenvalue weighted by Crippen LogP contribution is 2.24. The quantitative estimate of drug-likeness (QED) is 0.528. The van der Waals surface area contributed by atoms with Gasteiger partial charge in [-0.15, -0.1) is 0 Å². The highest BCUT2D eigenvalue weighted by atomic mass is 14.2. The summed E-state index contributed by atoms with van der Waals surface area (Å²) in [6.07, 6.45) is 7.00. The van der Waals surface area contributed by atoms with E-state index in [0.717, 1.165) is 17.8 Å². The second-order valence-corrected chi connectivity index (χ2v) is 5.03. The number of hydrogen-bond donors (Lipinski definition) is 0. The summed E-state index contributed by atoms with van der Waals surface area (Å²) < 4.78 is 0. The Bertz CT molecular complexity index is 105. The molecule has 0 aliphatic rings. The molecule has 0 saturated heterocycles. The third kappa shape index (κ3) is 7.10. The predicted molar refractivity (Wildman–Crippen MR) is 61.9 cm³/mol. The standard InChI is InChI=1S/C13H28/c1-6-8-13(7-2)10-12(5)9-11(3)4/h11-13H,6-10H2,1-5H3. The Hall–Kier alpha value is 0. The molecule has 80 valence electrons. The molecule has 0 spiro atoms.